The quantitative estimate of drug-likeness (QED) is 0.694. The Balaban J connectivity index is 2.39. The number of rotatable bonds is 3. The van der Waals surface area contributed by atoms with Crippen molar-refractivity contribution in [2.24, 2.45) is 0 Å². The standard InChI is InChI=1S/C16H16N2O3/c1-3-17-12-7-5-6-8-13(12)18-10-11(16(20)21-4-2)9-14(18)15(17)19/h5-10H,3-4H2,1-2H3. The largest absolute Gasteiger partial charge is 0.462 e. The smallest absolute Gasteiger partial charge is 0.339 e. The minimum absolute atomic E-state index is 0.105. The number of carbonyl (C=O) groups excluding carboxylic acids is 1. The average Bonchev–Trinajstić information content (AvgIpc) is 2.94. The molecule has 0 aliphatic heterocycles. The summed E-state index contributed by atoms with van der Waals surface area (Å²) in [7, 11) is 0. The molecule has 0 fully saturated rings. The van der Waals surface area contributed by atoms with Gasteiger partial charge in [-0.25, -0.2) is 4.79 Å². The zero-order chi connectivity index (χ0) is 15.0. The number of benzene rings is 1. The first-order chi connectivity index (χ1) is 10.2. The van der Waals surface area contributed by atoms with Crippen LogP contribution in [0, 0.1) is 0 Å². The van der Waals surface area contributed by atoms with Crippen LogP contribution in [0.3, 0.4) is 0 Å². The van der Waals surface area contributed by atoms with E-state index in [0.717, 1.165) is 11.0 Å². The van der Waals surface area contributed by atoms with Crippen molar-refractivity contribution in [2.75, 3.05) is 6.61 Å². The lowest BCUT2D eigenvalue weighted by molar-refractivity contribution is 0.0526. The van der Waals surface area contributed by atoms with Gasteiger partial charge in [0.15, 0.2) is 0 Å². The van der Waals surface area contributed by atoms with Crippen LogP contribution in [-0.2, 0) is 11.3 Å². The number of hydrogen-bond donors (Lipinski definition) is 0. The molecule has 0 aliphatic rings. The SMILES string of the molecule is CCOC(=O)c1cc2c(=O)n(CC)c3ccccc3n2c1. The van der Waals surface area contributed by atoms with Crippen molar-refractivity contribution in [1.82, 2.24) is 8.97 Å². The van der Waals surface area contributed by atoms with Crippen molar-refractivity contribution in [2.45, 2.75) is 20.4 Å². The second-order valence-corrected chi connectivity index (χ2v) is 4.74. The van der Waals surface area contributed by atoms with E-state index in [1.807, 2.05) is 31.2 Å². The van der Waals surface area contributed by atoms with E-state index in [1.54, 1.807) is 28.2 Å². The molecule has 3 aromatic rings. The van der Waals surface area contributed by atoms with E-state index in [-0.39, 0.29) is 5.56 Å². The highest BCUT2D eigenvalue weighted by molar-refractivity contribution is 5.92. The topological polar surface area (TPSA) is 52.7 Å². The molecule has 0 atom stereocenters. The minimum atomic E-state index is -0.410. The van der Waals surface area contributed by atoms with Crippen molar-refractivity contribution >= 4 is 22.5 Å². The van der Waals surface area contributed by atoms with Gasteiger partial charge >= 0.3 is 5.97 Å². The summed E-state index contributed by atoms with van der Waals surface area (Å²) in [5, 5.41) is 0. The van der Waals surface area contributed by atoms with E-state index < -0.39 is 5.97 Å². The first-order valence-corrected chi connectivity index (χ1v) is 6.98. The molecule has 0 aliphatic carbocycles. The van der Waals surface area contributed by atoms with Crippen LogP contribution < -0.4 is 5.56 Å². The molecule has 0 unspecified atom stereocenters. The number of carbonyl (C=O) groups is 1. The van der Waals surface area contributed by atoms with Crippen molar-refractivity contribution in [1.29, 1.82) is 0 Å². The number of hydrogen-bond acceptors (Lipinski definition) is 3. The van der Waals surface area contributed by atoms with Gasteiger partial charge in [0.2, 0.25) is 0 Å². The number of ether oxygens (including phenoxy) is 1. The number of aryl methyl sites for hydroxylation is 1. The van der Waals surface area contributed by atoms with E-state index >= 15 is 0 Å². The summed E-state index contributed by atoms with van der Waals surface area (Å²) < 4.78 is 8.47. The van der Waals surface area contributed by atoms with Crippen molar-refractivity contribution < 1.29 is 9.53 Å². The molecule has 0 bridgehead atoms. The molecule has 2 aromatic heterocycles. The fourth-order valence-corrected chi connectivity index (χ4v) is 2.61. The maximum Gasteiger partial charge on any atom is 0.339 e. The third-order valence-corrected chi connectivity index (χ3v) is 3.54. The predicted octanol–water partition coefficient (Wildman–Crippen LogP) is 2.45. The summed E-state index contributed by atoms with van der Waals surface area (Å²) in [5.74, 6) is -0.410. The van der Waals surface area contributed by atoms with Gasteiger partial charge in [-0.3, -0.25) is 4.79 Å². The normalized spacial score (nSPS) is 11.1. The predicted molar refractivity (Wildman–Crippen MR) is 80.8 cm³/mol. The molecule has 0 N–H and O–H groups in total. The lowest BCUT2D eigenvalue weighted by Gasteiger charge is -2.09. The van der Waals surface area contributed by atoms with Gasteiger partial charge in [-0.1, -0.05) is 12.1 Å². The molecule has 5 nitrogen and oxygen atoms in total. The third-order valence-electron chi connectivity index (χ3n) is 3.54. The van der Waals surface area contributed by atoms with E-state index in [1.165, 1.54) is 0 Å². The summed E-state index contributed by atoms with van der Waals surface area (Å²) in [6.45, 7) is 4.58. The van der Waals surface area contributed by atoms with E-state index in [9.17, 15) is 9.59 Å². The number of fused-ring (bicyclic) bond motifs is 3. The summed E-state index contributed by atoms with van der Waals surface area (Å²) in [4.78, 5) is 24.4. The Morgan fingerprint density at radius 2 is 1.86 bits per heavy atom. The summed E-state index contributed by atoms with van der Waals surface area (Å²) in [6.07, 6.45) is 1.66. The van der Waals surface area contributed by atoms with Gasteiger partial charge in [0, 0.05) is 12.7 Å². The Bertz CT molecular complexity index is 890. The Morgan fingerprint density at radius 1 is 1.14 bits per heavy atom. The first kappa shape index (κ1) is 13.4. The van der Waals surface area contributed by atoms with Crippen LogP contribution in [0.2, 0.25) is 0 Å². The van der Waals surface area contributed by atoms with Gasteiger partial charge in [-0.05, 0) is 32.0 Å². The molecule has 1 aromatic carbocycles. The second-order valence-electron chi connectivity index (χ2n) is 4.74. The molecule has 0 amide bonds. The van der Waals surface area contributed by atoms with Crippen LogP contribution in [-0.4, -0.2) is 21.5 Å². The number of aromatic nitrogens is 2. The Labute approximate surface area is 121 Å². The van der Waals surface area contributed by atoms with Crippen LogP contribution in [0.5, 0.6) is 0 Å². The zero-order valence-electron chi connectivity index (χ0n) is 12.0. The monoisotopic (exact) mass is 284 g/mol. The van der Waals surface area contributed by atoms with Crippen molar-refractivity contribution in [3.05, 3.63) is 52.4 Å². The van der Waals surface area contributed by atoms with E-state index in [4.69, 9.17) is 4.74 Å². The van der Waals surface area contributed by atoms with Gasteiger partial charge in [0.25, 0.3) is 5.56 Å². The van der Waals surface area contributed by atoms with Gasteiger partial charge in [-0.2, -0.15) is 0 Å². The molecule has 21 heavy (non-hydrogen) atoms. The molecule has 108 valence electrons. The van der Waals surface area contributed by atoms with Crippen LogP contribution >= 0.6 is 0 Å². The first-order valence-electron chi connectivity index (χ1n) is 6.98. The molecular formula is C16H16N2O3. The molecule has 2 heterocycles. The van der Waals surface area contributed by atoms with Crippen LogP contribution in [0.25, 0.3) is 16.6 Å². The molecular weight excluding hydrogens is 268 g/mol. The minimum Gasteiger partial charge on any atom is -0.462 e. The Kier molecular flexibility index (Phi) is 3.25. The summed E-state index contributed by atoms with van der Waals surface area (Å²) in [6, 6.07) is 9.25. The fourth-order valence-electron chi connectivity index (χ4n) is 2.61. The van der Waals surface area contributed by atoms with Crippen LogP contribution in [0.15, 0.2) is 41.3 Å². The number of para-hydroxylation sites is 2. The lowest BCUT2D eigenvalue weighted by atomic mass is 10.3. The fraction of sp³-hybridized carbons (Fsp3) is 0.250. The van der Waals surface area contributed by atoms with E-state index in [2.05, 4.69) is 0 Å². The van der Waals surface area contributed by atoms with Crippen molar-refractivity contribution in [3.63, 3.8) is 0 Å². The maximum absolute atomic E-state index is 12.6. The molecule has 0 saturated carbocycles. The lowest BCUT2D eigenvalue weighted by Crippen LogP contribution is -2.21. The second kappa shape index (κ2) is 5.09. The maximum atomic E-state index is 12.6. The Hall–Kier alpha value is -2.56. The molecule has 5 heteroatoms. The number of nitrogens with zero attached hydrogens (tertiary/aromatic N) is 2. The highest BCUT2D eigenvalue weighted by Gasteiger charge is 2.15. The highest BCUT2D eigenvalue weighted by atomic mass is 16.5. The summed E-state index contributed by atoms with van der Waals surface area (Å²) in [5.41, 5.74) is 2.52. The molecule has 3 rings (SSSR count). The molecule has 0 saturated heterocycles. The van der Waals surface area contributed by atoms with Crippen molar-refractivity contribution in [3.8, 4) is 0 Å². The summed E-state index contributed by atoms with van der Waals surface area (Å²) >= 11 is 0. The zero-order valence-corrected chi connectivity index (χ0v) is 12.0. The molecule has 0 radical (unpaired) electrons. The number of esters is 1. The average molecular weight is 284 g/mol. The Morgan fingerprint density at radius 3 is 2.52 bits per heavy atom. The highest BCUT2D eigenvalue weighted by Crippen LogP contribution is 2.17. The van der Waals surface area contributed by atoms with Gasteiger partial charge in [0.05, 0.1) is 23.2 Å². The van der Waals surface area contributed by atoms with Gasteiger partial charge < -0.3 is 13.7 Å². The third kappa shape index (κ3) is 2.01. The van der Waals surface area contributed by atoms with E-state index in [0.29, 0.717) is 24.2 Å². The van der Waals surface area contributed by atoms with Crippen LogP contribution in [0.1, 0.15) is 24.2 Å². The van der Waals surface area contributed by atoms with Crippen LogP contribution in [0.4, 0.5) is 0 Å². The molecule has 0 spiro atoms. The van der Waals surface area contributed by atoms with Gasteiger partial charge in [0.1, 0.15) is 5.52 Å². The van der Waals surface area contributed by atoms with Gasteiger partial charge in [-0.15, -0.1) is 0 Å².